The molecule has 0 unspecified atom stereocenters. The number of hydrogen-bond acceptors (Lipinski definition) is 8. The second-order valence-electron chi connectivity index (χ2n) is 7.22. The Morgan fingerprint density at radius 2 is 1.82 bits per heavy atom. The van der Waals surface area contributed by atoms with E-state index in [4.69, 9.17) is 9.47 Å². The third-order valence-corrected chi connectivity index (χ3v) is 5.49. The molecule has 4 rings (SSSR count). The number of nitrogens with zero attached hydrogens (tertiary/aromatic N) is 3. The van der Waals surface area contributed by atoms with Crippen LogP contribution in [0.4, 0.5) is 16.2 Å². The molecule has 0 bridgehead atoms. The Hall–Kier alpha value is -4.06. The zero-order valence-corrected chi connectivity index (χ0v) is 19.1. The first-order valence-corrected chi connectivity index (χ1v) is 11.4. The maximum atomic E-state index is 12.3. The summed E-state index contributed by atoms with van der Waals surface area (Å²) in [4.78, 5) is 35.8. The lowest BCUT2D eigenvalue weighted by Crippen LogP contribution is -2.35. The van der Waals surface area contributed by atoms with E-state index in [0.29, 0.717) is 46.9 Å². The van der Waals surface area contributed by atoms with Crippen molar-refractivity contribution in [3.8, 4) is 17.2 Å². The van der Waals surface area contributed by atoms with Gasteiger partial charge in [0.15, 0.2) is 16.7 Å². The summed E-state index contributed by atoms with van der Waals surface area (Å²) in [6.45, 7) is 2.53. The molecule has 3 N–H and O–H groups in total. The number of fused-ring (bicyclic) bond motifs is 1. The summed E-state index contributed by atoms with van der Waals surface area (Å²) in [5.41, 5.74) is 1.81. The Kier molecular flexibility index (Phi) is 7.28. The molecule has 4 amide bonds. The fourth-order valence-electron chi connectivity index (χ4n) is 3.13. The highest BCUT2D eigenvalue weighted by Crippen LogP contribution is 2.32. The summed E-state index contributed by atoms with van der Waals surface area (Å²) in [6, 6.07) is 11.5. The fourth-order valence-corrected chi connectivity index (χ4v) is 3.86. The lowest BCUT2D eigenvalue weighted by Gasteiger charge is -2.11. The van der Waals surface area contributed by atoms with Gasteiger partial charge >= 0.3 is 6.03 Å². The number of amides is 4. The molecular weight excluding hydrogens is 460 g/mol. The number of carbonyl (C=O) groups is 3. The number of imide groups is 1. The van der Waals surface area contributed by atoms with Gasteiger partial charge in [0.1, 0.15) is 6.33 Å². The summed E-state index contributed by atoms with van der Waals surface area (Å²) >= 11 is 1.12. The monoisotopic (exact) mass is 482 g/mol. The molecule has 0 spiro atoms. The number of anilines is 2. The summed E-state index contributed by atoms with van der Waals surface area (Å²) in [5.74, 6) is 0.413. The molecule has 0 fully saturated rings. The molecule has 3 aromatic rings. The molecule has 0 saturated heterocycles. The van der Waals surface area contributed by atoms with Gasteiger partial charge in [0, 0.05) is 30.8 Å². The number of carbonyl (C=O) groups excluding carboxylic acids is 3. The van der Waals surface area contributed by atoms with Gasteiger partial charge in [0.2, 0.25) is 11.8 Å². The zero-order valence-electron chi connectivity index (χ0n) is 18.2. The number of urea groups is 1. The number of ether oxygens (including phenoxy) is 2. The summed E-state index contributed by atoms with van der Waals surface area (Å²) in [6.07, 6.45) is 2.28. The quantitative estimate of drug-likeness (QED) is 0.456. The molecule has 0 atom stereocenters. The normalized spacial score (nSPS) is 12.4. The van der Waals surface area contributed by atoms with Crippen LogP contribution in [0.1, 0.15) is 13.3 Å². The van der Waals surface area contributed by atoms with Crippen LogP contribution in [-0.2, 0) is 9.59 Å². The van der Waals surface area contributed by atoms with Gasteiger partial charge < -0.3 is 20.1 Å². The van der Waals surface area contributed by atoms with E-state index >= 15 is 0 Å². The van der Waals surface area contributed by atoms with Gasteiger partial charge in [-0.1, -0.05) is 17.8 Å². The fraction of sp³-hybridized carbons (Fsp3) is 0.227. The average Bonchev–Trinajstić information content (AvgIpc) is 3.15. The predicted molar refractivity (Wildman–Crippen MR) is 126 cm³/mol. The third-order valence-electron chi connectivity index (χ3n) is 4.55. The Balaban J connectivity index is 1.32. The van der Waals surface area contributed by atoms with Crippen LogP contribution >= 0.6 is 11.8 Å². The Morgan fingerprint density at radius 1 is 1.03 bits per heavy atom. The number of thioether (sulfide) groups is 1. The van der Waals surface area contributed by atoms with Gasteiger partial charge in [-0.3, -0.25) is 19.5 Å². The van der Waals surface area contributed by atoms with E-state index in [-0.39, 0.29) is 11.7 Å². The van der Waals surface area contributed by atoms with Crippen LogP contribution < -0.4 is 25.4 Å². The lowest BCUT2D eigenvalue weighted by atomic mass is 10.2. The molecule has 12 heteroatoms. The molecule has 176 valence electrons. The summed E-state index contributed by atoms with van der Waals surface area (Å²) in [5, 5.41) is 16.0. The van der Waals surface area contributed by atoms with Crippen LogP contribution in [0.5, 0.6) is 11.5 Å². The number of benzene rings is 2. The molecule has 11 nitrogen and oxygen atoms in total. The molecule has 2 aromatic carbocycles. The van der Waals surface area contributed by atoms with E-state index in [2.05, 4.69) is 26.1 Å². The van der Waals surface area contributed by atoms with Crippen molar-refractivity contribution in [2.24, 2.45) is 0 Å². The van der Waals surface area contributed by atoms with Crippen LogP contribution in [0.3, 0.4) is 0 Å². The van der Waals surface area contributed by atoms with Crippen molar-refractivity contribution in [2.45, 2.75) is 18.5 Å². The molecular formula is C22H22N6O5S. The van der Waals surface area contributed by atoms with Crippen molar-refractivity contribution in [3.63, 3.8) is 0 Å². The largest absolute Gasteiger partial charge is 0.490 e. The number of aromatic nitrogens is 3. The highest BCUT2D eigenvalue weighted by molar-refractivity contribution is 7.99. The molecule has 0 aliphatic carbocycles. The lowest BCUT2D eigenvalue weighted by molar-refractivity contribution is -0.117. The second-order valence-corrected chi connectivity index (χ2v) is 8.16. The molecule has 0 saturated carbocycles. The van der Waals surface area contributed by atoms with Crippen LogP contribution in [0.2, 0.25) is 0 Å². The molecule has 1 aromatic heterocycles. The van der Waals surface area contributed by atoms with Gasteiger partial charge in [-0.25, -0.2) is 4.79 Å². The zero-order chi connectivity index (χ0) is 23.9. The average molecular weight is 483 g/mol. The van der Waals surface area contributed by atoms with E-state index in [1.165, 1.54) is 13.3 Å². The van der Waals surface area contributed by atoms with Crippen LogP contribution in [0.15, 0.2) is 53.9 Å². The SMILES string of the molecule is CC(=O)Nc1cccc(-n2cnnc2SCC(=O)NC(=O)Nc2ccc3c(c2)OCCCO3)c1. The highest BCUT2D eigenvalue weighted by Gasteiger charge is 2.15. The Labute approximate surface area is 199 Å². The minimum absolute atomic E-state index is 0.0569. The van der Waals surface area contributed by atoms with Crippen molar-refractivity contribution in [1.82, 2.24) is 20.1 Å². The summed E-state index contributed by atoms with van der Waals surface area (Å²) < 4.78 is 12.8. The highest BCUT2D eigenvalue weighted by atomic mass is 32.2. The van der Waals surface area contributed by atoms with Crippen molar-refractivity contribution in [2.75, 3.05) is 29.6 Å². The Morgan fingerprint density at radius 3 is 2.65 bits per heavy atom. The van der Waals surface area contributed by atoms with E-state index in [1.807, 2.05) is 6.07 Å². The Bertz CT molecular complexity index is 1210. The standard InChI is InChI=1S/C22H22N6O5S/c1-14(29)24-15-4-2-5-17(10-15)28-13-23-27-22(28)34-12-20(30)26-21(31)25-16-6-7-18-19(11-16)33-9-3-8-32-18/h2,4-7,10-11,13H,3,8-9,12H2,1H3,(H,24,29)(H2,25,26,30,31). The van der Waals surface area contributed by atoms with Crippen LogP contribution in [0.25, 0.3) is 5.69 Å². The van der Waals surface area contributed by atoms with Gasteiger partial charge in [-0.15, -0.1) is 10.2 Å². The second kappa shape index (κ2) is 10.7. The third kappa shape index (κ3) is 6.04. The first kappa shape index (κ1) is 23.1. The van der Waals surface area contributed by atoms with Gasteiger partial charge in [-0.2, -0.15) is 0 Å². The van der Waals surface area contributed by atoms with Crippen molar-refractivity contribution < 1.29 is 23.9 Å². The smallest absolute Gasteiger partial charge is 0.325 e. The van der Waals surface area contributed by atoms with Gasteiger partial charge in [-0.05, 0) is 30.3 Å². The minimum Gasteiger partial charge on any atom is -0.490 e. The maximum Gasteiger partial charge on any atom is 0.325 e. The predicted octanol–water partition coefficient (Wildman–Crippen LogP) is 2.83. The molecule has 1 aliphatic rings. The molecule has 2 heterocycles. The number of rotatable bonds is 6. The summed E-state index contributed by atoms with van der Waals surface area (Å²) in [7, 11) is 0. The van der Waals surface area contributed by atoms with Gasteiger partial charge in [0.05, 0.1) is 24.7 Å². The minimum atomic E-state index is -0.662. The van der Waals surface area contributed by atoms with Crippen molar-refractivity contribution >= 4 is 41.0 Å². The van der Waals surface area contributed by atoms with E-state index in [0.717, 1.165) is 18.2 Å². The molecule has 1 aliphatic heterocycles. The van der Waals surface area contributed by atoms with Gasteiger partial charge in [0.25, 0.3) is 0 Å². The first-order valence-electron chi connectivity index (χ1n) is 10.4. The number of hydrogen-bond donors (Lipinski definition) is 3. The van der Waals surface area contributed by atoms with Crippen LogP contribution in [-0.4, -0.2) is 51.6 Å². The number of nitrogens with one attached hydrogen (secondary N) is 3. The van der Waals surface area contributed by atoms with Crippen molar-refractivity contribution in [3.05, 3.63) is 48.8 Å². The maximum absolute atomic E-state index is 12.3. The molecule has 34 heavy (non-hydrogen) atoms. The molecule has 0 radical (unpaired) electrons. The van der Waals surface area contributed by atoms with Crippen molar-refractivity contribution in [1.29, 1.82) is 0 Å². The van der Waals surface area contributed by atoms with E-state index < -0.39 is 11.9 Å². The van der Waals surface area contributed by atoms with Crippen LogP contribution in [0, 0.1) is 0 Å². The first-order chi connectivity index (χ1) is 16.5. The topological polar surface area (TPSA) is 136 Å². The van der Waals surface area contributed by atoms with E-state index in [9.17, 15) is 14.4 Å². The van der Waals surface area contributed by atoms with E-state index in [1.54, 1.807) is 41.0 Å².